The van der Waals surface area contributed by atoms with Gasteiger partial charge in [0.05, 0.1) is 0 Å². The number of rotatable bonds is 4. The summed E-state index contributed by atoms with van der Waals surface area (Å²) in [6.45, 7) is 5.35. The summed E-state index contributed by atoms with van der Waals surface area (Å²) in [5.41, 5.74) is 0. The van der Waals surface area contributed by atoms with Gasteiger partial charge in [-0.2, -0.15) is 12.6 Å². The summed E-state index contributed by atoms with van der Waals surface area (Å²) in [7, 11) is 0. The van der Waals surface area contributed by atoms with Crippen molar-refractivity contribution in [2.24, 2.45) is 5.92 Å². The van der Waals surface area contributed by atoms with Gasteiger partial charge >= 0.3 is 0 Å². The van der Waals surface area contributed by atoms with Gasteiger partial charge in [-0.3, -0.25) is 0 Å². The quantitative estimate of drug-likeness (QED) is 0.805. The van der Waals surface area contributed by atoms with Crippen molar-refractivity contribution in [1.29, 1.82) is 0 Å². The van der Waals surface area contributed by atoms with E-state index in [0.717, 1.165) is 42.9 Å². The van der Waals surface area contributed by atoms with E-state index in [4.69, 9.17) is 0 Å². The molecule has 17 heavy (non-hydrogen) atoms. The van der Waals surface area contributed by atoms with Gasteiger partial charge in [-0.25, -0.2) is 9.97 Å². The van der Waals surface area contributed by atoms with Crippen molar-refractivity contribution in [3.05, 3.63) is 12.4 Å². The Bertz CT molecular complexity index is 350. The first-order chi connectivity index (χ1) is 8.29. The maximum Gasteiger partial charge on any atom is 0.134 e. The van der Waals surface area contributed by atoms with Crippen LogP contribution in [0.5, 0.6) is 0 Å². The van der Waals surface area contributed by atoms with E-state index in [9.17, 15) is 0 Å². The summed E-state index contributed by atoms with van der Waals surface area (Å²) in [5, 5.41) is 3.23. The van der Waals surface area contributed by atoms with Gasteiger partial charge in [0, 0.05) is 31.5 Å². The highest BCUT2D eigenvalue weighted by molar-refractivity contribution is 7.80. The van der Waals surface area contributed by atoms with Gasteiger partial charge in [-0.15, -0.1) is 0 Å². The molecule has 0 aliphatic carbocycles. The van der Waals surface area contributed by atoms with Crippen LogP contribution >= 0.6 is 12.6 Å². The molecule has 0 atom stereocenters. The molecule has 5 heteroatoms. The summed E-state index contributed by atoms with van der Waals surface area (Å²) in [5.74, 6) is 3.58. The second-order valence-corrected chi connectivity index (χ2v) is 5.03. The SMILES string of the molecule is CC1CCN(c2cc(NCCS)ncn2)CC1. The van der Waals surface area contributed by atoms with Crippen molar-refractivity contribution in [3.8, 4) is 0 Å². The third-order valence-corrected chi connectivity index (χ3v) is 3.40. The Labute approximate surface area is 108 Å². The summed E-state index contributed by atoms with van der Waals surface area (Å²) in [6.07, 6.45) is 4.14. The van der Waals surface area contributed by atoms with E-state index in [1.165, 1.54) is 12.8 Å². The lowest BCUT2D eigenvalue weighted by Gasteiger charge is -2.31. The summed E-state index contributed by atoms with van der Waals surface area (Å²) in [6, 6.07) is 2.03. The minimum atomic E-state index is 0.806. The number of hydrogen-bond donors (Lipinski definition) is 2. The Morgan fingerprint density at radius 3 is 2.88 bits per heavy atom. The van der Waals surface area contributed by atoms with E-state index in [2.05, 4.69) is 39.7 Å². The van der Waals surface area contributed by atoms with Crippen LogP contribution in [0.25, 0.3) is 0 Å². The number of aromatic nitrogens is 2. The highest BCUT2D eigenvalue weighted by atomic mass is 32.1. The van der Waals surface area contributed by atoms with Crippen LogP contribution in [0.3, 0.4) is 0 Å². The molecule has 0 amide bonds. The molecule has 0 aromatic carbocycles. The van der Waals surface area contributed by atoms with Gasteiger partial charge in [0.2, 0.25) is 0 Å². The molecule has 1 aromatic rings. The fourth-order valence-corrected chi connectivity index (χ4v) is 2.15. The van der Waals surface area contributed by atoms with Gasteiger partial charge in [0.25, 0.3) is 0 Å². The van der Waals surface area contributed by atoms with Gasteiger partial charge in [0.15, 0.2) is 0 Å². The molecule has 0 saturated carbocycles. The monoisotopic (exact) mass is 252 g/mol. The van der Waals surface area contributed by atoms with Crippen molar-refractivity contribution in [3.63, 3.8) is 0 Å². The van der Waals surface area contributed by atoms with Crippen LogP contribution in [-0.2, 0) is 0 Å². The number of nitrogens with zero attached hydrogens (tertiary/aromatic N) is 3. The molecule has 0 radical (unpaired) electrons. The molecule has 0 bridgehead atoms. The number of piperidine rings is 1. The Morgan fingerprint density at radius 2 is 2.18 bits per heavy atom. The average molecular weight is 252 g/mol. The Hall–Kier alpha value is -0.970. The predicted molar refractivity (Wildman–Crippen MR) is 75.0 cm³/mol. The molecule has 1 aliphatic heterocycles. The van der Waals surface area contributed by atoms with Gasteiger partial charge < -0.3 is 10.2 Å². The van der Waals surface area contributed by atoms with Crippen molar-refractivity contribution >= 4 is 24.3 Å². The molecule has 1 saturated heterocycles. The zero-order chi connectivity index (χ0) is 12.1. The Balaban J connectivity index is 2.00. The van der Waals surface area contributed by atoms with E-state index in [1.807, 2.05) is 6.07 Å². The normalized spacial score (nSPS) is 17.2. The van der Waals surface area contributed by atoms with E-state index in [-0.39, 0.29) is 0 Å². The zero-order valence-corrected chi connectivity index (χ0v) is 11.2. The third-order valence-electron chi connectivity index (χ3n) is 3.18. The lowest BCUT2D eigenvalue weighted by molar-refractivity contribution is 0.436. The van der Waals surface area contributed by atoms with E-state index < -0.39 is 0 Å². The molecule has 2 rings (SSSR count). The van der Waals surface area contributed by atoms with Crippen molar-refractivity contribution in [2.75, 3.05) is 35.6 Å². The number of hydrogen-bond acceptors (Lipinski definition) is 5. The highest BCUT2D eigenvalue weighted by Crippen LogP contribution is 2.22. The number of nitrogens with one attached hydrogen (secondary N) is 1. The molecule has 0 unspecified atom stereocenters. The van der Waals surface area contributed by atoms with Crippen LogP contribution in [0.1, 0.15) is 19.8 Å². The van der Waals surface area contributed by atoms with Crippen molar-refractivity contribution in [2.45, 2.75) is 19.8 Å². The van der Waals surface area contributed by atoms with Gasteiger partial charge in [-0.05, 0) is 18.8 Å². The van der Waals surface area contributed by atoms with Crippen molar-refractivity contribution in [1.82, 2.24) is 9.97 Å². The second-order valence-electron chi connectivity index (χ2n) is 4.58. The maximum atomic E-state index is 4.35. The topological polar surface area (TPSA) is 41.0 Å². The van der Waals surface area contributed by atoms with E-state index in [0.29, 0.717) is 0 Å². The standard InChI is InChI=1S/C12H20N4S/c1-10-2-5-16(6-3-10)12-8-11(13-4-7-17)14-9-15-12/h8-10,17H,2-7H2,1H3,(H,13,14,15). The Kier molecular flexibility index (Phi) is 4.48. The zero-order valence-electron chi connectivity index (χ0n) is 10.3. The first-order valence-corrected chi connectivity index (χ1v) is 6.84. The molecule has 1 N–H and O–H groups in total. The average Bonchev–Trinajstić information content (AvgIpc) is 2.37. The van der Waals surface area contributed by atoms with E-state index in [1.54, 1.807) is 6.33 Å². The molecule has 1 aliphatic rings. The minimum Gasteiger partial charge on any atom is -0.369 e. The largest absolute Gasteiger partial charge is 0.369 e. The molecule has 1 fully saturated rings. The smallest absolute Gasteiger partial charge is 0.134 e. The van der Waals surface area contributed by atoms with E-state index >= 15 is 0 Å². The predicted octanol–water partition coefficient (Wildman–Crippen LogP) is 2.05. The summed E-state index contributed by atoms with van der Waals surface area (Å²) >= 11 is 4.17. The molecular weight excluding hydrogens is 232 g/mol. The number of anilines is 2. The van der Waals surface area contributed by atoms with Crippen LogP contribution in [0.15, 0.2) is 12.4 Å². The van der Waals surface area contributed by atoms with Gasteiger partial charge in [-0.1, -0.05) is 6.92 Å². The lowest BCUT2D eigenvalue weighted by Crippen LogP contribution is -2.33. The third kappa shape index (κ3) is 3.49. The fraction of sp³-hybridized carbons (Fsp3) is 0.667. The van der Waals surface area contributed by atoms with Crippen LogP contribution < -0.4 is 10.2 Å². The maximum absolute atomic E-state index is 4.35. The minimum absolute atomic E-state index is 0.806. The molecule has 4 nitrogen and oxygen atoms in total. The van der Waals surface area contributed by atoms with Crippen LogP contribution in [0.2, 0.25) is 0 Å². The van der Waals surface area contributed by atoms with Crippen molar-refractivity contribution < 1.29 is 0 Å². The second kappa shape index (κ2) is 6.10. The first-order valence-electron chi connectivity index (χ1n) is 6.21. The molecule has 94 valence electrons. The highest BCUT2D eigenvalue weighted by Gasteiger charge is 2.17. The molecule has 0 spiro atoms. The fourth-order valence-electron chi connectivity index (χ4n) is 2.04. The van der Waals surface area contributed by atoms with Crippen LogP contribution in [-0.4, -0.2) is 35.4 Å². The summed E-state index contributed by atoms with van der Waals surface area (Å²) < 4.78 is 0. The molecular formula is C12H20N4S. The van der Waals surface area contributed by atoms with Crippen LogP contribution in [0, 0.1) is 5.92 Å². The molecule has 2 heterocycles. The Morgan fingerprint density at radius 1 is 1.41 bits per heavy atom. The first kappa shape index (κ1) is 12.5. The molecule has 1 aromatic heterocycles. The van der Waals surface area contributed by atoms with Crippen LogP contribution in [0.4, 0.5) is 11.6 Å². The lowest BCUT2D eigenvalue weighted by atomic mass is 9.99. The van der Waals surface area contributed by atoms with Gasteiger partial charge in [0.1, 0.15) is 18.0 Å². The number of thiol groups is 1. The summed E-state index contributed by atoms with van der Waals surface area (Å²) in [4.78, 5) is 10.9.